The molecule has 156 valence electrons. The Labute approximate surface area is 169 Å². The van der Waals surface area contributed by atoms with Gasteiger partial charge in [-0.05, 0) is 49.7 Å². The fourth-order valence-electron chi connectivity index (χ4n) is 3.16. The van der Waals surface area contributed by atoms with Crippen molar-refractivity contribution in [1.82, 2.24) is 19.2 Å². The SMILES string of the molecule is CCn1c(CN[C@@H](C)c2ccc(F)c(F)c2)nc2cc(S(=O)(=O)N(C)C)ccc21. The largest absolute Gasteiger partial charge is 0.327 e. The van der Waals surface area contributed by atoms with Gasteiger partial charge in [0.2, 0.25) is 10.0 Å². The Morgan fingerprint density at radius 2 is 1.86 bits per heavy atom. The smallest absolute Gasteiger partial charge is 0.242 e. The van der Waals surface area contributed by atoms with Gasteiger partial charge in [-0.25, -0.2) is 26.5 Å². The first-order chi connectivity index (χ1) is 13.6. The number of aromatic nitrogens is 2. The number of hydrogen-bond acceptors (Lipinski definition) is 4. The van der Waals surface area contributed by atoms with Crippen molar-refractivity contribution < 1.29 is 17.2 Å². The highest BCUT2D eigenvalue weighted by Gasteiger charge is 2.20. The number of imidazole rings is 1. The predicted octanol–water partition coefficient (Wildman–Crippen LogP) is 3.44. The maximum Gasteiger partial charge on any atom is 0.242 e. The predicted molar refractivity (Wildman–Crippen MR) is 108 cm³/mol. The van der Waals surface area contributed by atoms with E-state index < -0.39 is 21.7 Å². The van der Waals surface area contributed by atoms with Gasteiger partial charge in [-0.2, -0.15) is 0 Å². The minimum atomic E-state index is -3.55. The molecule has 1 N–H and O–H groups in total. The molecule has 29 heavy (non-hydrogen) atoms. The lowest BCUT2D eigenvalue weighted by molar-refractivity contribution is 0.498. The first kappa shape index (κ1) is 21.4. The number of halogens is 2. The molecule has 3 rings (SSSR count). The molecule has 6 nitrogen and oxygen atoms in total. The highest BCUT2D eigenvalue weighted by molar-refractivity contribution is 7.89. The van der Waals surface area contributed by atoms with E-state index in [1.54, 1.807) is 18.2 Å². The van der Waals surface area contributed by atoms with Crippen molar-refractivity contribution in [3.8, 4) is 0 Å². The Morgan fingerprint density at radius 3 is 2.48 bits per heavy atom. The molecule has 1 atom stereocenters. The molecule has 0 radical (unpaired) electrons. The summed E-state index contributed by atoms with van der Waals surface area (Å²) in [6.07, 6.45) is 0. The van der Waals surface area contributed by atoms with Crippen molar-refractivity contribution in [3.63, 3.8) is 0 Å². The van der Waals surface area contributed by atoms with Crippen LogP contribution in [0.2, 0.25) is 0 Å². The van der Waals surface area contributed by atoms with Crippen LogP contribution in [0.3, 0.4) is 0 Å². The Kier molecular flexibility index (Phi) is 6.02. The zero-order valence-corrected chi connectivity index (χ0v) is 17.6. The van der Waals surface area contributed by atoms with Gasteiger partial charge in [-0.15, -0.1) is 0 Å². The van der Waals surface area contributed by atoms with Crippen molar-refractivity contribution in [2.45, 2.75) is 37.9 Å². The zero-order chi connectivity index (χ0) is 21.3. The lowest BCUT2D eigenvalue weighted by Crippen LogP contribution is -2.22. The topological polar surface area (TPSA) is 67.2 Å². The summed E-state index contributed by atoms with van der Waals surface area (Å²) in [5.74, 6) is -1.03. The molecule has 0 amide bonds. The Balaban J connectivity index is 1.88. The summed E-state index contributed by atoms with van der Waals surface area (Å²) in [7, 11) is -0.575. The number of sulfonamides is 1. The van der Waals surface area contributed by atoms with Crippen LogP contribution in [-0.2, 0) is 23.1 Å². The molecule has 0 aliphatic carbocycles. The van der Waals surface area contributed by atoms with E-state index in [4.69, 9.17) is 0 Å². The second-order valence-electron chi connectivity index (χ2n) is 6.99. The first-order valence-corrected chi connectivity index (χ1v) is 10.7. The molecule has 3 aromatic rings. The second-order valence-corrected chi connectivity index (χ2v) is 9.14. The van der Waals surface area contributed by atoms with Gasteiger partial charge in [-0.1, -0.05) is 6.07 Å². The van der Waals surface area contributed by atoms with E-state index in [1.165, 1.54) is 26.2 Å². The van der Waals surface area contributed by atoms with Crippen molar-refractivity contribution in [1.29, 1.82) is 0 Å². The maximum atomic E-state index is 13.5. The molecule has 0 bridgehead atoms. The summed E-state index contributed by atoms with van der Waals surface area (Å²) in [5, 5.41) is 3.26. The van der Waals surface area contributed by atoms with E-state index in [1.807, 2.05) is 18.4 Å². The van der Waals surface area contributed by atoms with Crippen molar-refractivity contribution >= 4 is 21.1 Å². The molecular formula is C20H24F2N4O2S. The third kappa shape index (κ3) is 4.17. The van der Waals surface area contributed by atoms with Crippen LogP contribution < -0.4 is 5.32 Å². The van der Waals surface area contributed by atoms with Gasteiger partial charge in [0.05, 0.1) is 22.5 Å². The fraction of sp³-hybridized carbons (Fsp3) is 0.350. The number of benzene rings is 2. The number of nitrogens with zero attached hydrogens (tertiary/aromatic N) is 3. The van der Waals surface area contributed by atoms with E-state index in [2.05, 4.69) is 10.3 Å². The van der Waals surface area contributed by atoms with Crippen LogP contribution >= 0.6 is 0 Å². The molecule has 0 saturated carbocycles. The molecule has 9 heteroatoms. The van der Waals surface area contributed by atoms with Crippen LogP contribution in [-0.4, -0.2) is 36.4 Å². The Bertz CT molecular complexity index is 1140. The minimum absolute atomic E-state index is 0.186. The van der Waals surface area contributed by atoms with Crippen LogP contribution in [0.25, 0.3) is 11.0 Å². The van der Waals surface area contributed by atoms with Crippen molar-refractivity contribution in [3.05, 3.63) is 59.4 Å². The summed E-state index contributed by atoms with van der Waals surface area (Å²) in [4.78, 5) is 4.78. The molecule has 0 spiro atoms. The molecule has 2 aromatic carbocycles. The molecule has 0 saturated heterocycles. The van der Waals surface area contributed by atoms with Gasteiger partial charge in [-0.3, -0.25) is 0 Å². The standard InChI is InChI=1S/C20H24F2N4O2S/c1-5-26-19-9-7-15(29(27,28)25(3)4)11-18(19)24-20(26)12-23-13(2)14-6-8-16(21)17(22)10-14/h6-11,13,23H,5,12H2,1-4H3/t13-/m0/s1. The van der Waals surface area contributed by atoms with Gasteiger partial charge < -0.3 is 9.88 Å². The summed E-state index contributed by atoms with van der Waals surface area (Å²) >= 11 is 0. The van der Waals surface area contributed by atoms with E-state index in [9.17, 15) is 17.2 Å². The van der Waals surface area contributed by atoms with Crippen LogP contribution in [0.5, 0.6) is 0 Å². The summed E-state index contributed by atoms with van der Waals surface area (Å²) < 4.78 is 54.5. The van der Waals surface area contributed by atoms with E-state index >= 15 is 0 Å². The number of rotatable bonds is 7. The number of fused-ring (bicyclic) bond motifs is 1. The summed E-state index contributed by atoms with van der Waals surface area (Å²) in [6, 6.07) is 8.50. The zero-order valence-electron chi connectivity index (χ0n) is 16.8. The van der Waals surface area contributed by atoms with Gasteiger partial charge >= 0.3 is 0 Å². The second kappa shape index (κ2) is 8.17. The minimum Gasteiger partial charge on any atom is -0.327 e. The van der Waals surface area contributed by atoms with Gasteiger partial charge in [0.15, 0.2) is 11.6 Å². The van der Waals surface area contributed by atoms with Crippen LogP contribution in [0, 0.1) is 11.6 Å². The maximum absolute atomic E-state index is 13.5. The summed E-state index contributed by atoms with van der Waals surface area (Å²) in [5.41, 5.74) is 2.05. The van der Waals surface area contributed by atoms with Crippen LogP contribution in [0.4, 0.5) is 8.78 Å². The molecule has 0 aliphatic rings. The molecule has 1 aromatic heterocycles. The molecule has 1 heterocycles. The Morgan fingerprint density at radius 1 is 1.14 bits per heavy atom. The highest BCUT2D eigenvalue weighted by Crippen LogP contribution is 2.23. The molecule has 0 unspecified atom stereocenters. The van der Waals surface area contributed by atoms with E-state index in [0.717, 1.165) is 21.7 Å². The van der Waals surface area contributed by atoms with E-state index in [0.29, 0.717) is 24.2 Å². The number of hydrogen-bond donors (Lipinski definition) is 1. The highest BCUT2D eigenvalue weighted by atomic mass is 32.2. The average Bonchev–Trinajstić information content (AvgIpc) is 3.04. The monoisotopic (exact) mass is 422 g/mol. The third-order valence-electron chi connectivity index (χ3n) is 4.90. The first-order valence-electron chi connectivity index (χ1n) is 9.25. The van der Waals surface area contributed by atoms with Crippen molar-refractivity contribution in [2.24, 2.45) is 0 Å². The van der Waals surface area contributed by atoms with Crippen LogP contribution in [0.1, 0.15) is 31.3 Å². The van der Waals surface area contributed by atoms with Gasteiger partial charge in [0.25, 0.3) is 0 Å². The number of aryl methyl sites for hydroxylation is 1. The van der Waals surface area contributed by atoms with Crippen LogP contribution in [0.15, 0.2) is 41.3 Å². The third-order valence-corrected chi connectivity index (χ3v) is 6.71. The van der Waals surface area contributed by atoms with E-state index in [-0.39, 0.29) is 10.9 Å². The number of nitrogens with one attached hydrogen (secondary N) is 1. The molecular weight excluding hydrogens is 398 g/mol. The lowest BCUT2D eigenvalue weighted by Gasteiger charge is -2.15. The lowest BCUT2D eigenvalue weighted by atomic mass is 10.1. The molecule has 0 fully saturated rings. The van der Waals surface area contributed by atoms with Gasteiger partial charge in [0, 0.05) is 26.7 Å². The van der Waals surface area contributed by atoms with Crippen molar-refractivity contribution in [2.75, 3.05) is 14.1 Å². The molecule has 0 aliphatic heterocycles. The normalized spacial score (nSPS) is 13.3. The Hall–Kier alpha value is -2.36. The quantitative estimate of drug-likeness (QED) is 0.634. The summed E-state index contributed by atoms with van der Waals surface area (Å²) in [6.45, 7) is 4.88. The fourth-order valence-corrected chi connectivity index (χ4v) is 4.08. The average molecular weight is 423 g/mol. The van der Waals surface area contributed by atoms with Gasteiger partial charge in [0.1, 0.15) is 5.82 Å².